The summed E-state index contributed by atoms with van der Waals surface area (Å²) in [7, 11) is 1.31. The fourth-order valence-electron chi connectivity index (χ4n) is 1.65. The summed E-state index contributed by atoms with van der Waals surface area (Å²) in [5.41, 5.74) is 6.64. The minimum atomic E-state index is -0.431. The van der Waals surface area contributed by atoms with Crippen LogP contribution in [-0.2, 0) is 4.74 Å². The van der Waals surface area contributed by atoms with Gasteiger partial charge in [0.05, 0.1) is 19.0 Å². The Morgan fingerprint density at radius 2 is 2.21 bits per heavy atom. The summed E-state index contributed by atoms with van der Waals surface area (Å²) in [6.07, 6.45) is 0.416. The van der Waals surface area contributed by atoms with Gasteiger partial charge in [-0.25, -0.2) is 9.18 Å². The fraction of sp³-hybridized carbons (Fsp3) is 0.154. The summed E-state index contributed by atoms with van der Waals surface area (Å²) in [6, 6.07) is 6.49. The van der Waals surface area contributed by atoms with E-state index in [0.29, 0.717) is 28.6 Å². The molecule has 1 aromatic heterocycles. The summed E-state index contributed by atoms with van der Waals surface area (Å²) in [6.45, 7) is 0.0418. The lowest BCUT2D eigenvalue weighted by atomic mass is 10.1. The van der Waals surface area contributed by atoms with Gasteiger partial charge in [0.25, 0.3) is 0 Å². The van der Waals surface area contributed by atoms with Crippen molar-refractivity contribution in [1.82, 2.24) is 0 Å². The number of fused-ring (bicyclic) bond motifs is 1. The summed E-state index contributed by atoms with van der Waals surface area (Å²) in [5.74, 6) is -0.0725. The molecule has 0 saturated carbocycles. The Balaban J connectivity index is 0.00000180. The number of esters is 1. The van der Waals surface area contributed by atoms with Crippen molar-refractivity contribution in [1.29, 1.82) is 0 Å². The fourth-order valence-corrected chi connectivity index (χ4v) is 1.65. The topological polar surface area (TPSA) is 65.5 Å². The van der Waals surface area contributed by atoms with Crippen molar-refractivity contribution < 1.29 is 18.3 Å². The molecule has 19 heavy (non-hydrogen) atoms. The van der Waals surface area contributed by atoms with E-state index in [-0.39, 0.29) is 24.5 Å². The highest BCUT2D eigenvalue weighted by molar-refractivity contribution is 5.94. The number of methoxy groups -OCH3 is 1. The number of ether oxygens (including phenoxy) is 1. The Morgan fingerprint density at radius 3 is 2.79 bits per heavy atom. The molecule has 0 aliphatic carbocycles. The van der Waals surface area contributed by atoms with Crippen molar-refractivity contribution in [3.63, 3.8) is 0 Å². The van der Waals surface area contributed by atoms with Crippen LogP contribution in [-0.4, -0.2) is 19.6 Å². The van der Waals surface area contributed by atoms with Crippen LogP contribution in [0.25, 0.3) is 16.5 Å². The van der Waals surface area contributed by atoms with Crippen LogP contribution < -0.4 is 5.73 Å². The van der Waals surface area contributed by atoms with Crippen molar-refractivity contribution >= 4 is 34.9 Å². The molecular weight excluding hydrogens is 273 g/mol. The zero-order valence-corrected chi connectivity index (χ0v) is 11.0. The molecule has 4 nitrogen and oxygen atoms in total. The SMILES string of the molecule is COC(=O)c1ccc2oc(/C(=C/F)CN)cc2c1.Cl. The van der Waals surface area contributed by atoms with Gasteiger partial charge in [-0.3, -0.25) is 0 Å². The van der Waals surface area contributed by atoms with Gasteiger partial charge in [-0.1, -0.05) is 0 Å². The lowest BCUT2D eigenvalue weighted by molar-refractivity contribution is 0.0601. The van der Waals surface area contributed by atoms with E-state index in [4.69, 9.17) is 10.2 Å². The quantitative estimate of drug-likeness (QED) is 0.881. The molecular formula is C13H13ClFNO3. The zero-order chi connectivity index (χ0) is 13.1. The van der Waals surface area contributed by atoms with E-state index in [0.717, 1.165) is 0 Å². The highest BCUT2D eigenvalue weighted by atomic mass is 35.5. The predicted molar refractivity (Wildman–Crippen MR) is 72.9 cm³/mol. The van der Waals surface area contributed by atoms with E-state index >= 15 is 0 Å². The van der Waals surface area contributed by atoms with E-state index in [2.05, 4.69) is 4.74 Å². The minimum Gasteiger partial charge on any atom is -0.465 e. The molecule has 0 atom stereocenters. The number of hydrogen-bond donors (Lipinski definition) is 1. The van der Waals surface area contributed by atoms with E-state index in [1.807, 2.05) is 0 Å². The van der Waals surface area contributed by atoms with Crippen molar-refractivity contribution in [2.24, 2.45) is 5.73 Å². The predicted octanol–water partition coefficient (Wildman–Crippen LogP) is 2.91. The van der Waals surface area contributed by atoms with Gasteiger partial charge in [0.1, 0.15) is 11.3 Å². The van der Waals surface area contributed by atoms with Gasteiger partial charge >= 0.3 is 5.97 Å². The maximum atomic E-state index is 12.6. The molecule has 1 heterocycles. The molecule has 0 aliphatic heterocycles. The molecule has 6 heteroatoms. The normalized spacial score (nSPS) is 11.2. The minimum absolute atomic E-state index is 0. The molecule has 102 valence electrons. The first-order valence-corrected chi connectivity index (χ1v) is 5.31. The van der Waals surface area contributed by atoms with Crippen molar-refractivity contribution in [2.45, 2.75) is 0 Å². The molecule has 1 aromatic carbocycles. The standard InChI is InChI=1S/C13H12FNO3.ClH/c1-17-13(16)8-2-3-11-9(4-8)5-12(18-11)10(6-14)7-15;/h2-6H,7,15H2,1H3;1H/b10-6+;. The lowest BCUT2D eigenvalue weighted by Gasteiger charge is -1.97. The maximum absolute atomic E-state index is 12.6. The molecule has 0 saturated heterocycles. The van der Waals surface area contributed by atoms with Crippen LogP contribution in [0.5, 0.6) is 0 Å². The lowest BCUT2D eigenvalue weighted by Crippen LogP contribution is -2.00. The van der Waals surface area contributed by atoms with E-state index < -0.39 is 5.97 Å². The number of hydrogen-bond acceptors (Lipinski definition) is 4. The first kappa shape index (κ1) is 15.2. The number of carbonyl (C=O) groups excluding carboxylic acids is 1. The van der Waals surface area contributed by atoms with Gasteiger partial charge in [0, 0.05) is 17.5 Å². The second-order valence-electron chi connectivity index (χ2n) is 3.69. The van der Waals surface area contributed by atoms with E-state index in [1.54, 1.807) is 24.3 Å². The van der Waals surface area contributed by atoms with Gasteiger partial charge in [-0.05, 0) is 24.3 Å². The molecule has 0 unspecified atom stereocenters. The first-order chi connectivity index (χ1) is 8.69. The van der Waals surface area contributed by atoms with Crippen molar-refractivity contribution in [3.8, 4) is 0 Å². The molecule has 0 bridgehead atoms. The summed E-state index contributed by atoms with van der Waals surface area (Å²) in [5, 5.41) is 0.695. The van der Waals surface area contributed by atoms with Crippen LogP contribution in [0.2, 0.25) is 0 Å². The number of carbonyl (C=O) groups is 1. The molecule has 0 spiro atoms. The second-order valence-corrected chi connectivity index (χ2v) is 3.69. The monoisotopic (exact) mass is 285 g/mol. The molecule has 2 aromatic rings. The Morgan fingerprint density at radius 1 is 1.47 bits per heavy atom. The second kappa shape index (κ2) is 6.36. The Labute approximate surface area is 115 Å². The van der Waals surface area contributed by atoms with Crippen LogP contribution >= 0.6 is 12.4 Å². The van der Waals surface area contributed by atoms with Gasteiger partial charge in [-0.2, -0.15) is 0 Å². The van der Waals surface area contributed by atoms with Crippen LogP contribution in [0.3, 0.4) is 0 Å². The number of benzene rings is 1. The maximum Gasteiger partial charge on any atom is 0.337 e. The van der Waals surface area contributed by atoms with Crippen molar-refractivity contribution in [3.05, 3.63) is 41.9 Å². The number of halogens is 2. The third-order valence-electron chi connectivity index (χ3n) is 2.61. The average Bonchev–Trinajstić information content (AvgIpc) is 2.81. The highest BCUT2D eigenvalue weighted by Gasteiger charge is 2.11. The summed E-state index contributed by atoms with van der Waals surface area (Å²) in [4.78, 5) is 11.4. The van der Waals surface area contributed by atoms with Crippen LogP contribution in [0.4, 0.5) is 4.39 Å². The molecule has 0 fully saturated rings. The molecule has 0 radical (unpaired) electrons. The number of nitrogens with two attached hydrogens (primary N) is 1. The molecule has 0 aliphatic rings. The van der Waals surface area contributed by atoms with E-state index in [1.165, 1.54) is 7.11 Å². The van der Waals surface area contributed by atoms with Gasteiger partial charge in [0.2, 0.25) is 0 Å². The Bertz CT molecular complexity index is 621. The van der Waals surface area contributed by atoms with Crippen LogP contribution in [0.15, 0.2) is 35.0 Å². The van der Waals surface area contributed by atoms with Crippen molar-refractivity contribution in [2.75, 3.05) is 13.7 Å². The van der Waals surface area contributed by atoms with Gasteiger partial charge in [-0.15, -0.1) is 12.4 Å². The molecule has 0 amide bonds. The average molecular weight is 286 g/mol. The number of rotatable bonds is 3. The Hall–Kier alpha value is -1.85. The summed E-state index contributed by atoms with van der Waals surface area (Å²) < 4.78 is 22.6. The third-order valence-corrected chi connectivity index (χ3v) is 2.61. The van der Waals surface area contributed by atoms with E-state index in [9.17, 15) is 9.18 Å². The third kappa shape index (κ3) is 2.94. The van der Waals surface area contributed by atoms with Crippen LogP contribution in [0, 0.1) is 0 Å². The Kier molecular flexibility index (Phi) is 5.09. The highest BCUT2D eigenvalue weighted by Crippen LogP contribution is 2.25. The molecule has 2 N–H and O–H groups in total. The van der Waals surface area contributed by atoms with Gasteiger partial charge < -0.3 is 14.9 Å². The van der Waals surface area contributed by atoms with Crippen LogP contribution in [0.1, 0.15) is 16.1 Å². The summed E-state index contributed by atoms with van der Waals surface area (Å²) >= 11 is 0. The largest absolute Gasteiger partial charge is 0.465 e. The zero-order valence-electron chi connectivity index (χ0n) is 10.2. The number of furan rings is 1. The molecule has 2 rings (SSSR count). The van der Waals surface area contributed by atoms with Gasteiger partial charge in [0.15, 0.2) is 0 Å². The smallest absolute Gasteiger partial charge is 0.337 e. The first-order valence-electron chi connectivity index (χ1n) is 5.31.